The van der Waals surface area contributed by atoms with E-state index in [1.165, 1.54) is 0 Å². The molecule has 1 saturated heterocycles. The molecule has 1 aliphatic heterocycles. The summed E-state index contributed by atoms with van der Waals surface area (Å²) < 4.78 is 1.93. The summed E-state index contributed by atoms with van der Waals surface area (Å²) in [4.78, 5) is 43.2. The Hall–Kier alpha value is -4.57. The lowest BCUT2D eigenvalue weighted by Crippen LogP contribution is -2.30. The van der Waals surface area contributed by atoms with Crippen LogP contribution in [0, 0.1) is 6.92 Å². The third kappa shape index (κ3) is 5.51. The number of aromatic nitrogens is 4. The molecule has 1 atom stereocenters. The Morgan fingerprint density at radius 2 is 1.95 bits per heavy atom. The van der Waals surface area contributed by atoms with Gasteiger partial charge >= 0.3 is 0 Å². The standard InChI is InChI=1S/C29H32N8O2/c1-19-12-13-31-23(18-19)33-29(39)21-10-8-20(9-11-21)25-26-27(30)32-14-17-37(26)28(34-25)22-6-4-16-36(22)24(38)7-5-15-35(2)3/h5,7-14,17-18,22H,4,6,15-16H2,1-3H3,(H2,30,32)(H,31,33,39)/b7-5+. The minimum absolute atomic E-state index is 0.0295. The summed E-state index contributed by atoms with van der Waals surface area (Å²) in [6.45, 7) is 3.30. The number of anilines is 2. The summed E-state index contributed by atoms with van der Waals surface area (Å²) in [5.41, 5.74) is 9.97. The van der Waals surface area contributed by atoms with E-state index in [9.17, 15) is 9.59 Å². The Balaban J connectivity index is 1.45. The summed E-state index contributed by atoms with van der Waals surface area (Å²) in [5, 5.41) is 2.83. The van der Waals surface area contributed by atoms with E-state index in [0.29, 0.717) is 41.5 Å². The predicted octanol–water partition coefficient (Wildman–Crippen LogP) is 3.72. The van der Waals surface area contributed by atoms with Crippen molar-refractivity contribution in [2.45, 2.75) is 25.8 Å². The van der Waals surface area contributed by atoms with Gasteiger partial charge in [0.2, 0.25) is 5.91 Å². The first-order chi connectivity index (χ1) is 18.8. The number of carbonyl (C=O) groups is 2. The maximum absolute atomic E-state index is 13.0. The molecule has 0 saturated carbocycles. The number of likely N-dealkylation sites (N-methyl/N-ethyl adjacent to an activating group) is 1. The third-order valence-corrected chi connectivity index (χ3v) is 6.75. The van der Waals surface area contributed by atoms with Gasteiger partial charge in [0, 0.05) is 48.9 Å². The first kappa shape index (κ1) is 26.1. The number of carbonyl (C=O) groups excluding carboxylic acids is 2. The van der Waals surface area contributed by atoms with Crippen LogP contribution in [0.25, 0.3) is 16.8 Å². The fraction of sp³-hybridized carbons (Fsp3) is 0.276. The molecule has 0 radical (unpaired) electrons. The van der Waals surface area contributed by atoms with Crippen molar-refractivity contribution in [3.63, 3.8) is 0 Å². The number of nitrogen functional groups attached to an aromatic ring is 1. The Morgan fingerprint density at radius 3 is 2.69 bits per heavy atom. The Labute approximate surface area is 227 Å². The predicted molar refractivity (Wildman–Crippen MR) is 151 cm³/mol. The van der Waals surface area contributed by atoms with Gasteiger partial charge < -0.3 is 20.9 Å². The molecular formula is C29H32N8O2. The molecule has 1 aliphatic rings. The smallest absolute Gasteiger partial charge is 0.256 e. The third-order valence-electron chi connectivity index (χ3n) is 6.75. The van der Waals surface area contributed by atoms with Crippen molar-refractivity contribution >= 4 is 29.0 Å². The molecule has 0 spiro atoms. The average molecular weight is 525 g/mol. The second-order valence-corrected chi connectivity index (χ2v) is 9.95. The van der Waals surface area contributed by atoms with Gasteiger partial charge in [-0.15, -0.1) is 0 Å². The van der Waals surface area contributed by atoms with Crippen LogP contribution in [-0.4, -0.2) is 68.2 Å². The molecular weight excluding hydrogens is 492 g/mol. The first-order valence-corrected chi connectivity index (χ1v) is 12.9. The number of hydrogen-bond donors (Lipinski definition) is 2. The lowest BCUT2D eigenvalue weighted by molar-refractivity contribution is -0.127. The molecule has 200 valence electrons. The lowest BCUT2D eigenvalue weighted by atomic mass is 10.1. The fourth-order valence-corrected chi connectivity index (χ4v) is 4.85. The Kier molecular flexibility index (Phi) is 7.38. The molecule has 10 heteroatoms. The normalized spacial score (nSPS) is 15.5. The lowest BCUT2D eigenvalue weighted by Gasteiger charge is -2.22. The zero-order valence-electron chi connectivity index (χ0n) is 22.3. The molecule has 1 aromatic carbocycles. The maximum atomic E-state index is 13.0. The van der Waals surface area contributed by atoms with Gasteiger partial charge in [-0.05, 0) is 63.7 Å². The number of likely N-dealkylation sites (tertiary alicyclic amines) is 1. The number of aryl methyl sites for hydroxylation is 1. The van der Waals surface area contributed by atoms with E-state index >= 15 is 0 Å². The van der Waals surface area contributed by atoms with Crippen molar-refractivity contribution in [1.29, 1.82) is 0 Å². The minimum Gasteiger partial charge on any atom is -0.382 e. The number of nitrogens with two attached hydrogens (primary N) is 1. The number of hydrogen-bond acceptors (Lipinski definition) is 7. The number of pyridine rings is 1. The molecule has 5 rings (SSSR count). The molecule has 1 fully saturated rings. The molecule has 3 N–H and O–H groups in total. The maximum Gasteiger partial charge on any atom is 0.256 e. The molecule has 4 heterocycles. The van der Waals surface area contributed by atoms with Gasteiger partial charge in [-0.1, -0.05) is 18.2 Å². The second-order valence-electron chi connectivity index (χ2n) is 9.95. The number of benzene rings is 1. The van der Waals surface area contributed by atoms with Crippen molar-refractivity contribution in [3.05, 3.63) is 84.1 Å². The molecule has 10 nitrogen and oxygen atoms in total. The van der Waals surface area contributed by atoms with Gasteiger partial charge in [0.25, 0.3) is 5.91 Å². The summed E-state index contributed by atoms with van der Waals surface area (Å²) in [7, 11) is 3.93. The molecule has 3 aromatic heterocycles. The van der Waals surface area contributed by atoms with Crippen LogP contribution in [0.2, 0.25) is 0 Å². The first-order valence-electron chi connectivity index (χ1n) is 12.9. The molecule has 2 amide bonds. The highest BCUT2D eigenvalue weighted by Crippen LogP contribution is 2.36. The van der Waals surface area contributed by atoms with Crippen LogP contribution in [0.4, 0.5) is 11.6 Å². The molecule has 39 heavy (non-hydrogen) atoms. The van der Waals surface area contributed by atoms with Crippen molar-refractivity contribution in [1.82, 2.24) is 29.2 Å². The van der Waals surface area contributed by atoms with Crippen LogP contribution in [0.15, 0.2) is 67.1 Å². The molecule has 0 aliphatic carbocycles. The average Bonchev–Trinajstić information content (AvgIpc) is 3.54. The summed E-state index contributed by atoms with van der Waals surface area (Å²) in [6.07, 6.45) is 10.3. The van der Waals surface area contributed by atoms with E-state index in [2.05, 4.69) is 15.3 Å². The SMILES string of the molecule is Cc1ccnc(NC(=O)c2ccc(-c3nc(C4CCCN4C(=O)/C=C/CN(C)C)n4ccnc(N)c34)cc2)c1. The number of rotatable bonds is 7. The molecule has 0 bridgehead atoms. The monoisotopic (exact) mass is 524 g/mol. The van der Waals surface area contributed by atoms with E-state index in [4.69, 9.17) is 10.7 Å². The van der Waals surface area contributed by atoms with Gasteiger partial charge in [0.1, 0.15) is 28.7 Å². The highest BCUT2D eigenvalue weighted by Gasteiger charge is 2.33. The molecule has 1 unspecified atom stereocenters. The van der Waals surface area contributed by atoms with E-state index in [-0.39, 0.29) is 17.9 Å². The topological polar surface area (TPSA) is 122 Å². The van der Waals surface area contributed by atoms with Crippen LogP contribution in [-0.2, 0) is 4.79 Å². The summed E-state index contributed by atoms with van der Waals surface area (Å²) >= 11 is 0. The van der Waals surface area contributed by atoms with Gasteiger partial charge in [-0.25, -0.2) is 15.0 Å². The Bertz CT molecular complexity index is 1540. The van der Waals surface area contributed by atoms with Gasteiger partial charge in [-0.2, -0.15) is 0 Å². The molecule has 4 aromatic rings. The van der Waals surface area contributed by atoms with Crippen LogP contribution in [0.1, 0.15) is 40.6 Å². The van der Waals surface area contributed by atoms with Crippen molar-refractivity contribution < 1.29 is 9.59 Å². The van der Waals surface area contributed by atoms with E-state index < -0.39 is 0 Å². The van der Waals surface area contributed by atoms with Crippen molar-refractivity contribution in [2.24, 2.45) is 0 Å². The highest BCUT2D eigenvalue weighted by molar-refractivity contribution is 6.04. The van der Waals surface area contributed by atoms with Crippen LogP contribution >= 0.6 is 0 Å². The quantitative estimate of drug-likeness (QED) is 0.354. The summed E-state index contributed by atoms with van der Waals surface area (Å²) in [6, 6.07) is 10.7. The number of nitrogens with zero attached hydrogens (tertiary/aromatic N) is 6. The Morgan fingerprint density at radius 1 is 1.15 bits per heavy atom. The number of fused-ring (bicyclic) bond motifs is 1. The van der Waals surface area contributed by atoms with E-state index in [1.54, 1.807) is 30.6 Å². The van der Waals surface area contributed by atoms with E-state index in [1.807, 2.05) is 71.8 Å². The zero-order valence-corrected chi connectivity index (χ0v) is 22.3. The van der Waals surface area contributed by atoms with E-state index in [0.717, 1.165) is 29.8 Å². The fourth-order valence-electron chi connectivity index (χ4n) is 4.85. The summed E-state index contributed by atoms with van der Waals surface area (Å²) in [5.74, 6) is 1.31. The van der Waals surface area contributed by atoms with Gasteiger partial charge in [0.15, 0.2) is 0 Å². The van der Waals surface area contributed by atoms with Gasteiger partial charge in [-0.3, -0.25) is 14.0 Å². The second kappa shape index (κ2) is 11.0. The minimum atomic E-state index is -0.251. The zero-order chi connectivity index (χ0) is 27.5. The number of imidazole rings is 1. The van der Waals surface area contributed by atoms with Crippen LogP contribution < -0.4 is 11.1 Å². The van der Waals surface area contributed by atoms with Crippen molar-refractivity contribution in [2.75, 3.05) is 38.2 Å². The largest absolute Gasteiger partial charge is 0.382 e. The van der Waals surface area contributed by atoms with Crippen LogP contribution in [0.3, 0.4) is 0 Å². The van der Waals surface area contributed by atoms with Crippen molar-refractivity contribution in [3.8, 4) is 11.3 Å². The highest BCUT2D eigenvalue weighted by atomic mass is 16.2. The number of nitrogens with one attached hydrogen (secondary N) is 1. The number of amides is 2. The van der Waals surface area contributed by atoms with Crippen LogP contribution in [0.5, 0.6) is 0 Å². The van der Waals surface area contributed by atoms with Gasteiger partial charge in [0.05, 0.1) is 6.04 Å².